The molecule has 0 saturated carbocycles. The van der Waals surface area contributed by atoms with Gasteiger partial charge in [-0.15, -0.1) is 22.0 Å². The van der Waals surface area contributed by atoms with Crippen LogP contribution in [0.25, 0.3) is 0 Å². The summed E-state index contributed by atoms with van der Waals surface area (Å²) >= 11 is 2.01. The largest absolute Gasteiger partial charge is 0.477 e. The number of aliphatic hydroxyl groups is 1. The maximum Gasteiger partial charge on any atom is 0.352 e. The first kappa shape index (κ1) is 26.8. The zero-order valence-corrected chi connectivity index (χ0v) is 21.2. The Morgan fingerprint density at radius 1 is 1.42 bits per heavy atom. The number of β-lactam (4-membered cyclic amide) rings is 1. The fourth-order valence-corrected chi connectivity index (χ4v) is 7.98. The molecule has 1 aromatic heterocycles. The van der Waals surface area contributed by atoms with Crippen LogP contribution >= 0.6 is 31.1 Å². The third kappa shape index (κ3) is 5.21. The van der Waals surface area contributed by atoms with Crippen molar-refractivity contribution in [1.29, 1.82) is 0 Å². The molecule has 17 heteroatoms. The number of aliphatic carboxylic acids is 1. The average molecular weight is 559 g/mol. The molecule has 2 aliphatic rings. The SMILES string of the molecule is CO[C@]1(NCC(O)c2ccccc2)C(=O)N2C(C(=O)O)=C(C(CP(=O)(O)O)Sc3nn[nH]n3)CS[C@H]21. The predicted molar refractivity (Wildman–Crippen MR) is 128 cm³/mol. The first-order chi connectivity index (χ1) is 17.1. The minimum Gasteiger partial charge on any atom is -0.477 e. The van der Waals surface area contributed by atoms with Crippen molar-refractivity contribution in [3.05, 3.63) is 47.2 Å². The number of aromatic amines is 1. The van der Waals surface area contributed by atoms with E-state index in [1.807, 2.05) is 0 Å². The molecule has 0 bridgehead atoms. The number of hydrogen-bond acceptors (Lipinski definition) is 11. The lowest BCUT2D eigenvalue weighted by Gasteiger charge is -2.56. The van der Waals surface area contributed by atoms with Gasteiger partial charge in [0.15, 0.2) is 0 Å². The minimum absolute atomic E-state index is 0.0397. The monoisotopic (exact) mass is 558 g/mol. The van der Waals surface area contributed by atoms with E-state index in [-0.39, 0.29) is 28.7 Å². The van der Waals surface area contributed by atoms with E-state index < -0.39 is 48.1 Å². The lowest BCUT2D eigenvalue weighted by molar-refractivity contribution is -0.191. The molecule has 2 aromatic rings. The fourth-order valence-electron chi connectivity index (χ4n) is 4.02. The highest BCUT2D eigenvalue weighted by atomic mass is 32.2. The number of carboxylic acids is 1. The molecular weight excluding hydrogens is 535 g/mol. The van der Waals surface area contributed by atoms with Gasteiger partial charge in [0, 0.05) is 24.7 Å². The number of thioether (sulfide) groups is 2. The molecule has 6 N–H and O–H groups in total. The number of amides is 1. The summed E-state index contributed by atoms with van der Waals surface area (Å²) in [4.78, 5) is 45.9. The smallest absolute Gasteiger partial charge is 0.352 e. The second kappa shape index (κ2) is 10.6. The molecule has 14 nitrogen and oxygen atoms in total. The Hall–Kier alpha value is -2.30. The third-order valence-electron chi connectivity index (χ3n) is 5.69. The number of carboxylic acid groups (broad SMARTS) is 1. The highest BCUT2D eigenvalue weighted by molar-refractivity contribution is 8.01. The van der Waals surface area contributed by atoms with Crippen LogP contribution < -0.4 is 5.32 Å². The van der Waals surface area contributed by atoms with Gasteiger partial charge in [-0.05, 0) is 16.3 Å². The molecule has 4 atom stereocenters. The predicted octanol–water partition coefficient (Wildman–Crippen LogP) is -0.242. The Kier molecular flexibility index (Phi) is 7.87. The van der Waals surface area contributed by atoms with E-state index in [4.69, 9.17) is 4.74 Å². The van der Waals surface area contributed by atoms with Gasteiger partial charge in [-0.1, -0.05) is 42.1 Å². The quantitative estimate of drug-likeness (QED) is 0.0910. The van der Waals surface area contributed by atoms with Crippen molar-refractivity contribution in [2.24, 2.45) is 0 Å². The van der Waals surface area contributed by atoms with Crippen LogP contribution in [-0.4, -0.2) is 99.3 Å². The molecule has 3 heterocycles. The number of hydrogen-bond donors (Lipinski definition) is 6. The molecule has 1 fully saturated rings. The van der Waals surface area contributed by atoms with Gasteiger partial charge in [0.1, 0.15) is 11.1 Å². The van der Waals surface area contributed by atoms with Crippen LogP contribution in [0.3, 0.4) is 0 Å². The number of aromatic nitrogens is 4. The zero-order valence-electron chi connectivity index (χ0n) is 18.7. The number of aliphatic hydroxyl groups excluding tert-OH is 1. The van der Waals surface area contributed by atoms with Crippen LogP contribution in [0.5, 0.6) is 0 Å². The second-order valence-electron chi connectivity index (χ2n) is 7.91. The van der Waals surface area contributed by atoms with Crippen LogP contribution in [0.4, 0.5) is 0 Å². The van der Waals surface area contributed by atoms with Gasteiger partial charge in [0.05, 0.1) is 12.3 Å². The van der Waals surface area contributed by atoms with Gasteiger partial charge in [-0.25, -0.2) is 4.79 Å². The van der Waals surface area contributed by atoms with E-state index in [0.717, 1.165) is 16.7 Å². The lowest BCUT2D eigenvalue weighted by Crippen LogP contribution is -2.80. The number of nitrogens with zero attached hydrogens (tertiary/aromatic N) is 4. The van der Waals surface area contributed by atoms with E-state index >= 15 is 0 Å². The Labute approximate surface area is 213 Å². The van der Waals surface area contributed by atoms with E-state index in [9.17, 15) is 34.2 Å². The average Bonchev–Trinajstić information content (AvgIpc) is 3.35. The van der Waals surface area contributed by atoms with Crippen LogP contribution in [0.2, 0.25) is 0 Å². The first-order valence-corrected chi connectivity index (χ1v) is 14.2. The zero-order chi connectivity index (χ0) is 26.1. The van der Waals surface area contributed by atoms with Crippen LogP contribution in [-0.2, 0) is 18.9 Å². The molecule has 4 rings (SSSR count). The summed E-state index contributed by atoms with van der Waals surface area (Å²) in [6.07, 6.45) is -1.64. The highest BCUT2D eigenvalue weighted by Gasteiger charge is 2.66. The molecule has 0 spiro atoms. The van der Waals surface area contributed by atoms with E-state index in [2.05, 4.69) is 25.9 Å². The summed E-state index contributed by atoms with van der Waals surface area (Å²) in [5.74, 6) is -2.08. The van der Waals surface area contributed by atoms with Crippen molar-refractivity contribution in [2.75, 3.05) is 25.6 Å². The summed E-state index contributed by atoms with van der Waals surface area (Å²) in [7, 11) is -3.28. The minimum atomic E-state index is -4.59. The van der Waals surface area contributed by atoms with Crippen molar-refractivity contribution >= 4 is 43.0 Å². The summed E-state index contributed by atoms with van der Waals surface area (Å²) in [5.41, 5.74) is -1.20. The van der Waals surface area contributed by atoms with Gasteiger partial charge < -0.3 is 24.7 Å². The topological polar surface area (TPSA) is 211 Å². The van der Waals surface area contributed by atoms with Gasteiger partial charge in [0.2, 0.25) is 10.9 Å². The van der Waals surface area contributed by atoms with Gasteiger partial charge in [-0.3, -0.25) is 19.6 Å². The van der Waals surface area contributed by atoms with Gasteiger partial charge in [0.25, 0.3) is 5.91 Å². The number of H-pyrrole nitrogens is 1. The third-order valence-corrected chi connectivity index (χ3v) is 9.24. The van der Waals surface area contributed by atoms with Crippen LogP contribution in [0.15, 0.2) is 46.8 Å². The maximum atomic E-state index is 13.3. The number of carbonyl (C=O) groups is 2. The Morgan fingerprint density at radius 3 is 2.72 bits per heavy atom. The molecule has 0 aliphatic carbocycles. The number of methoxy groups -OCH3 is 1. The van der Waals surface area contributed by atoms with Crippen molar-refractivity contribution in [3.63, 3.8) is 0 Å². The molecule has 1 amide bonds. The number of rotatable bonds is 11. The normalized spacial score (nSPS) is 23.7. The highest BCUT2D eigenvalue weighted by Crippen LogP contribution is 2.50. The second-order valence-corrected chi connectivity index (χ2v) is 11.8. The molecule has 194 valence electrons. The Balaban J connectivity index is 1.61. The maximum absolute atomic E-state index is 13.3. The molecular formula is C19H23N6O8PS2. The molecule has 2 aliphatic heterocycles. The number of carbonyl (C=O) groups excluding carboxylic acids is 1. The molecule has 36 heavy (non-hydrogen) atoms. The standard InChI is InChI=1S/C19H23N6O8PS2/c1-33-19(20-7-12(26)10-5-3-2-4-6-10)16(29)25-14(15(27)28)11(9-35-17(19)25)13(8-34(30,31)32)36-18-21-23-24-22-18/h2-6,12-13,17,20,26H,7-9H2,1H3,(H,27,28)(H2,30,31,32)(H,21,22,23,24)/t12?,13?,17-,19+/m0/s1. The first-order valence-electron chi connectivity index (χ1n) is 10.5. The summed E-state index contributed by atoms with van der Waals surface area (Å²) < 4.78 is 17.4. The number of benzene rings is 1. The number of tetrazole rings is 1. The summed E-state index contributed by atoms with van der Waals surface area (Å²) in [6.45, 7) is -0.0397. The Bertz CT molecular complexity index is 1200. The lowest BCUT2D eigenvalue weighted by atomic mass is 9.97. The number of nitrogens with one attached hydrogen (secondary N) is 2. The molecule has 2 unspecified atom stereocenters. The van der Waals surface area contributed by atoms with Crippen molar-refractivity contribution in [2.45, 2.75) is 27.6 Å². The van der Waals surface area contributed by atoms with Crippen molar-refractivity contribution < 1.29 is 38.9 Å². The van der Waals surface area contributed by atoms with Crippen LogP contribution in [0.1, 0.15) is 11.7 Å². The number of ether oxygens (including phenoxy) is 1. The summed E-state index contributed by atoms with van der Waals surface area (Å²) in [6, 6.07) is 8.81. The fraction of sp³-hybridized carbons (Fsp3) is 0.421. The van der Waals surface area contributed by atoms with Gasteiger partial charge >= 0.3 is 13.6 Å². The summed E-state index contributed by atoms with van der Waals surface area (Å²) in [5, 5.41) is 34.9. The Morgan fingerprint density at radius 2 is 2.14 bits per heavy atom. The van der Waals surface area contributed by atoms with Crippen molar-refractivity contribution in [3.8, 4) is 0 Å². The molecule has 1 saturated heterocycles. The van der Waals surface area contributed by atoms with Gasteiger partial charge in [-0.2, -0.15) is 5.21 Å². The molecule has 1 aromatic carbocycles. The number of fused-ring (bicyclic) bond motifs is 1. The molecule has 0 radical (unpaired) electrons. The van der Waals surface area contributed by atoms with E-state index in [1.165, 1.54) is 18.9 Å². The van der Waals surface area contributed by atoms with Crippen LogP contribution in [0, 0.1) is 0 Å². The van der Waals surface area contributed by atoms with Crippen molar-refractivity contribution in [1.82, 2.24) is 30.8 Å². The van der Waals surface area contributed by atoms with E-state index in [1.54, 1.807) is 30.3 Å². The van der Waals surface area contributed by atoms with E-state index in [0.29, 0.717) is 5.56 Å².